The van der Waals surface area contributed by atoms with Gasteiger partial charge in [-0.25, -0.2) is 0 Å². The SMILES string of the molecule is CCOC(C)OCCOCCOC(C)OCC. The molecular weight excluding hydrogens is 224 g/mol. The normalized spacial score (nSPS) is 14.8. The van der Waals surface area contributed by atoms with E-state index >= 15 is 0 Å². The zero-order valence-electron chi connectivity index (χ0n) is 11.4. The lowest BCUT2D eigenvalue weighted by Gasteiger charge is -2.14. The predicted octanol–water partition coefficient (Wildman–Crippen LogP) is 1.80. The highest BCUT2D eigenvalue weighted by atomic mass is 16.7. The van der Waals surface area contributed by atoms with Crippen LogP contribution in [0.2, 0.25) is 0 Å². The monoisotopic (exact) mass is 250 g/mol. The fourth-order valence-corrected chi connectivity index (χ4v) is 1.21. The van der Waals surface area contributed by atoms with Crippen molar-refractivity contribution in [2.75, 3.05) is 39.6 Å². The lowest BCUT2D eigenvalue weighted by Crippen LogP contribution is -2.19. The Kier molecular flexibility index (Phi) is 12.1. The second-order valence-corrected chi connectivity index (χ2v) is 3.40. The van der Waals surface area contributed by atoms with E-state index in [1.54, 1.807) is 0 Å². The molecule has 0 saturated carbocycles. The highest BCUT2D eigenvalue weighted by molar-refractivity contribution is 4.36. The topological polar surface area (TPSA) is 46.2 Å². The molecule has 0 aliphatic heterocycles. The number of rotatable bonds is 12. The van der Waals surface area contributed by atoms with Gasteiger partial charge in [-0.3, -0.25) is 0 Å². The Bertz CT molecular complexity index is 138. The van der Waals surface area contributed by atoms with Crippen LogP contribution in [0.25, 0.3) is 0 Å². The summed E-state index contributed by atoms with van der Waals surface area (Å²) < 4.78 is 26.4. The van der Waals surface area contributed by atoms with Crippen molar-refractivity contribution in [2.45, 2.75) is 40.3 Å². The van der Waals surface area contributed by atoms with Gasteiger partial charge in [0.05, 0.1) is 26.4 Å². The van der Waals surface area contributed by atoms with Crippen molar-refractivity contribution < 1.29 is 23.7 Å². The number of ether oxygens (including phenoxy) is 5. The first kappa shape index (κ1) is 16.8. The van der Waals surface area contributed by atoms with Crippen molar-refractivity contribution in [1.82, 2.24) is 0 Å². The molecular formula is C12H26O5. The number of hydrogen-bond acceptors (Lipinski definition) is 5. The molecule has 104 valence electrons. The molecule has 0 aromatic carbocycles. The first-order valence-corrected chi connectivity index (χ1v) is 6.24. The Balaban J connectivity index is 3.13. The van der Waals surface area contributed by atoms with Gasteiger partial charge in [-0.2, -0.15) is 0 Å². The molecule has 5 heteroatoms. The van der Waals surface area contributed by atoms with E-state index in [4.69, 9.17) is 23.7 Å². The summed E-state index contributed by atoms with van der Waals surface area (Å²) in [5.74, 6) is 0. The van der Waals surface area contributed by atoms with Gasteiger partial charge in [-0.05, 0) is 27.7 Å². The van der Waals surface area contributed by atoms with Crippen molar-refractivity contribution in [1.29, 1.82) is 0 Å². The van der Waals surface area contributed by atoms with E-state index in [2.05, 4.69) is 0 Å². The van der Waals surface area contributed by atoms with Crippen molar-refractivity contribution in [3.8, 4) is 0 Å². The molecule has 2 unspecified atom stereocenters. The smallest absolute Gasteiger partial charge is 0.154 e. The molecule has 0 radical (unpaired) electrons. The van der Waals surface area contributed by atoms with E-state index in [9.17, 15) is 0 Å². The van der Waals surface area contributed by atoms with E-state index < -0.39 is 0 Å². The summed E-state index contributed by atoms with van der Waals surface area (Å²) in [6.45, 7) is 11.1. The van der Waals surface area contributed by atoms with E-state index in [-0.39, 0.29) is 12.6 Å². The van der Waals surface area contributed by atoms with Crippen molar-refractivity contribution >= 4 is 0 Å². The minimum Gasteiger partial charge on any atom is -0.377 e. The zero-order chi connectivity index (χ0) is 12.9. The maximum atomic E-state index is 5.34. The molecule has 0 fully saturated rings. The van der Waals surface area contributed by atoms with E-state index in [0.29, 0.717) is 39.6 Å². The largest absolute Gasteiger partial charge is 0.377 e. The van der Waals surface area contributed by atoms with Crippen molar-refractivity contribution in [3.05, 3.63) is 0 Å². The molecule has 0 aliphatic rings. The van der Waals surface area contributed by atoms with E-state index in [1.807, 2.05) is 27.7 Å². The van der Waals surface area contributed by atoms with Crippen molar-refractivity contribution in [2.24, 2.45) is 0 Å². The van der Waals surface area contributed by atoms with Gasteiger partial charge in [0.15, 0.2) is 12.6 Å². The molecule has 0 aromatic rings. The lowest BCUT2D eigenvalue weighted by molar-refractivity contribution is -0.148. The van der Waals surface area contributed by atoms with Crippen LogP contribution in [-0.2, 0) is 23.7 Å². The van der Waals surface area contributed by atoms with Gasteiger partial charge in [-0.15, -0.1) is 0 Å². The zero-order valence-corrected chi connectivity index (χ0v) is 11.4. The minimum atomic E-state index is -0.169. The summed E-state index contributed by atoms with van der Waals surface area (Å²) in [4.78, 5) is 0. The van der Waals surface area contributed by atoms with Crippen LogP contribution in [0, 0.1) is 0 Å². The molecule has 0 N–H and O–H groups in total. The molecule has 0 spiro atoms. The molecule has 0 saturated heterocycles. The molecule has 0 heterocycles. The van der Waals surface area contributed by atoms with Crippen molar-refractivity contribution in [3.63, 3.8) is 0 Å². The average Bonchev–Trinajstić information content (AvgIpc) is 2.28. The molecule has 0 bridgehead atoms. The first-order chi connectivity index (χ1) is 8.20. The van der Waals surface area contributed by atoms with E-state index in [0.717, 1.165) is 0 Å². The van der Waals surface area contributed by atoms with Crippen LogP contribution >= 0.6 is 0 Å². The standard InChI is InChI=1S/C12H26O5/c1-5-14-11(3)16-9-7-13-8-10-17-12(4)15-6-2/h11-12H,5-10H2,1-4H3. The fraction of sp³-hybridized carbons (Fsp3) is 1.00. The van der Waals surface area contributed by atoms with Crippen LogP contribution in [0.4, 0.5) is 0 Å². The Labute approximate surface area is 104 Å². The maximum absolute atomic E-state index is 5.34. The van der Waals surface area contributed by atoms with Crippen LogP contribution in [0.1, 0.15) is 27.7 Å². The summed E-state index contributed by atoms with van der Waals surface area (Å²) in [6, 6.07) is 0. The van der Waals surface area contributed by atoms with Gasteiger partial charge < -0.3 is 23.7 Å². The Morgan fingerprint density at radius 2 is 1.06 bits per heavy atom. The van der Waals surface area contributed by atoms with Gasteiger partial charge in [-0.1, -0.05) is 0 Å². The lowest BCUT2D eigenvalue weighted by atomic mass is 10.6. The Morgan fingerprint density at radius 1 is 0.647 bits per heavy atom. The van der Waals surface area contributed by atoms with Gasteiger partial charge >= 0.3 is 0 Å². The maximum Gasteiger partial charge on any atom is 0.154 e. The number of hydrogen-bond donors (Lipinski definition) is 0. The van der Waals surface area contributed by atoms with E-state index in [1.165, 1.54) is 0 Å². The van der Waals surface area contributed by atoms with Crippen LogP contribution in [0.5, 0.6) is 0 Å². The van der Waals surface area contributed by atoms with Gasteiger partial charge in [0.1, 0.15) is 0 Å². The summed E-state index contributed by atoms with van der Waals surface area (Å²) in [7, 11) is 0. The first-order valence-electron chi connectivity index (χ1n) is 6.24. The van der Waals surface area contributed by atoms with Gasteiger partial charge in [0.2, 0.25) is 0 Å². The summed E-state index contributed by atoms with van der Waals surface area (Å²) in [6.07, 6.45) is -0.337. The fourth-order valence-electron chi connectivity index (χ4n) is 1.21. The molecule has 5 nitrogen and oxygen atoms in total. The summed E-state index contributed by atoms with van der Waals surface area (Å²) in [5, 5.41) is 0. The second-order valence-electron chi connectivity index (χ2n) is 3.40. The Hall–Kier alpha value is -0.200. The second kappa shape index (κ2) is 12.3. The summed E-state index contributed by atoms with van der Waals surface area (Å²) in [5.41, 5.74) is 0. The third-order valence-electron chi connectivity index (χ3n) is 1.96. The molecule has 0 aromatic heterocycles. The molecule has 0 amide bonds. The predicted molar refractivity (Wildman–Crippen MR) is 64.9 cm³/mol. The van der Waals surface area contributed by atoms with Crippen LogP contribution in [0.3, 0.4) is 0 Å². The third-order valence-corrected chi connectivity index (χ3v) is 1.96. The highest BCUT2D eigenvalue weighted by Crippen LogP contribution is 1.94. The molecule has 2 atom stereocenters. The molecule has 0 rings (SSSR count). The quantitative estimate of drug-likeness (QED) is 0.390. The summed E-state index contributed by atoms with van der Waals surface area (Å²) >= 11 is 0. The van der Waals surface area contributed by atoms with Gasteiger partial charge in [0, 0.05) is 13.2 Å². The van der Waals surface area contributed by atoms with Crippen LogP contribution in [-0.4, -0.2) is 52.2 Å². The Morgan fingerprint density at radius 3 is 1.41 bits per heavy atom. The molecule has 17 heavy (non-hydrogen) atoms. The minimum absolute atomic E-state index is 0.169. The van der Waals surface area contributed by atoms with Crippen LogP contribution in [0.15, 0.2) is 0 Å². The van der Waals surface area contributed by atoms with Crippen LogP contribution < -0.4 is 0 Å². The average molecular weight is 250 g/mol. The third kappa shape index (κ3) is 12.1. The molecule has 0 aliphatic carbocycles. The highest BCUT2D eigenvalue weighted by Gasteiger charge is 2.01. The van der Waals surface area contributed by atoms with Gasteiger partial charge in [0.25, 0.3) is 0 Å².